The lowest BCUT2D eigenvalue weighted by Gasteiger charge is -2.41. The van der Waals surface area contributed by atoms with Gasteiger partial charge in [-0.2, -0.15) is 0 Å². The van der Waals surface area contributed by atoms with E-state index in [1.165, 1.54) is 32.1 Å². The summed E-state index contributed by atoms with van der Waals surface area (Å²) in [4.78, 5) is 13.0. The lowest BCUT2D eigenvalue weighted by atomic mass is 9.83. The topological polar surface area (TPSA) is 38.3 Å². The first-order valence-electron chi connectivity index (χ1n) is 11.4. The van der Waals surface area contributed by atoms with E-state index in [0.29, 0.717) is 17.4 Å². The Balaban J connectivity index is 2.28. The van der Waals surface area contributed by atoms with Gasteiger partial charge < -0.3 is 9.74 Å². The van der Waals surface area contributed by atoms with Gasteiger partial charge in [-0.25, -0.2) is 0 Å². The Kier molecular flexibility index (Phi) is 9.64. The van der Waals surface area contributed by atoms with Gasteiger partial charge in [-0.1, -0.05) is 83.2 Å². The van der Waals surface area contributed by atoms with Gasteiger partial charge in [0.1, 0.15) is 0 Å². The highest BCUT2D eigenvalue weighted by Crippen LogP contribution is 2.38. The molecule has 1 aromatic carbocycles. The van der Waals surface area contributed by atoms with Crippen LogP contribution in [0, 0.1) is 5.92 Å². The summed E-state index contributed by atoms with van der Waals surface area (Å²) in [6.45, 7) is 11.3. The fourth-order valence-corrected chi connectivity index (χ4v) is 5.24. The first-order chi connectivity index (χ1) is 14.1. The number of benzene rings is 1. The number of halogens is 1. The van der Waals surface area contributed by atoms with Gasteiger partial charge in [0, 0.05) is 11.4 Å². The molecule has 3 nitrogen and oxygen atoms in total. The molecule has 2 atom stereocenters. The second kappa shape index (κ2) is 11.5. The highest BCUT2D eigenvalue weighted by atomic mass is 35.5. The van der Waals surface area contributed by atoms with E-state index in [0.717, 1.165) is 6.42 Å². The highest BCUT2D eigenvalue weighted by molar-refractivity contribution is 6.74. The molecule has 0 heterocycles. The van der Waals surface area contributed by atoms with Crippen LogP contribution in [0.4, 0.5) is 0 Å². The van der Waals surface area contributed by atoms with Crippen LogP contribution < -0.4 is 5.32 Å². The summed E-state index contributed by atoms with van der Waals surface area (Å²) in [7, 11) is -2.02. The van der Waals surface area contributed by atoms with Gasteiger partial charge >= 0.3 is 0 Å². The Morgan fingerprint density at radius 1 is 1.20 bits per heavy atom. The average molecular weight is 450 g/mol. The molecule has 0 spiro atoms. The van der Waals surface area contributed by atoms with E-state index in [2.05, 4.69) is 45.3 Å². The number of hydrogen-bond acceptors (Lipinski definition) is 2. The number of alkyl halides is 1. The third kappa shape index (κ3) is 7.54. The van der Waals surface area contributed by atoms with Crippen LogP contribution in [-0.4, -0.2) is 32.3 Å². The molecule has 0 radical (unpaired) electrons. The number of hydrogen-bond donors (Lipinski definition) is 1. The summed E-state index contributed by atoms with van der Waals surface area (Å²) in [6, 6.07) is 9.42. The standard InChI is InChI=1S/C25H40ClNO2Si/c1-25(2,3)30(4,5)29-23(17-12-18-26)22(19-20-13-8-6-9-14-20)27-24(28)21-15-10-7-11-16-21/h7,10-12,15-17,20,22-23H,6,8-9,13-14,18-19H2,1-5H3,(H,27,28)/b17-12+/t22-,23-/m0/s1. The van der Waals surface area contributed by atoms with Crippen molar-refractivity contribution in [2.24, 2.45) is 5.92 Å². The van der Waals surface area contributed by atoms with Crippen molar-refractivity contribution in [3.05, 3.63) is 48.0 Å². The van der Waals surface area contributed by atoms with E-state index in [9.17, 15) is 4.79 Å². The molecule has 5 heteroatoms. The fourth-order valence-electron chi connectivity index (χ4n) is 3.86. The maximum absolute atomic E-state index is 13.0. The second-order valence-corrected chi connectivity index (χ2v) is 15.2. The molecule has 1 N–H and O–H groups in total. The molecular formula is C25H40ClNO2Si. The number of rotatable bonds is 9. The summed E-state index contributed by atoms with van der Waals surface area (Å²) >= 11 is 5.99. The van der Waals surface area contributed by atoms with Crippen molar-refractivity contribution >= 4 is 25.8 Å². The molecule has 0 saturated heterocycles. The fraction of sp³-hybridized carbons (Fsp3) is 0.640. The van der Waals surface area contributed by atoms with Crippen molar-refractivity contribution in [1.82, 2.24) is 5.32 Å². The zero-order valence-electron chi connectivity index (χ0n) is 19.4. The predicted molar refractivity (Wildman–Crippen MR) is 131 cm³/mol. The maximum atomic E-state index is 13.0. The molecule has 1 saturated carbocycles. The Bertz CT molecular complexity index is 678. The molecule has 1 aliphatic carbocycles. The minimum atomic E-state index is -2.02. The molecule has 1 amide bonds. The third-order valence-electron chi connectivity index (χ3n) is 6.71. The summed E-state index contributed by atoms with van der Waals surface area (Å²) < 4.78 is 6.82. The number of carbonyl (C=O) groups is 1. The molecule has 0 aliphatic heterocycles. The van der Waals surface area contributed by atoms with Gasteiger partial charge in [-0.05, 0) is 42.6 Å². The van der Waals surface area contributed by atoms with Crippen molar-refractivity contribution in [1.29, 1.82) is 0 Å². The molecule has 1 aromatic rings. The van der Waals surface area contributed by atoms with Crippen LogP contribution in [0.1, 0.15) is 69.7 Å². The van der Waals surface area contributed by atoms with E-state index in [-0.39, 0.29) is 23.1 Å². The number of nitrogens with one attached hydrogen (secondary N) is 1. The minimum Gasteiger partial charge on any atom is -0.408 e. The van der Waals surface area contributed by atoms with E-state index < -0.39 is 8.32 Å². The third-order valence-corrected chi connectivity index (χ3v) is 11.4. The van der Waals surface area contributed by atoms with Crippen molar-refractivity contribution < 1.29 is 9.22 Å². The summed E-state index contributed by atoms with van der Waals surface area (Å²) in [6.07, 6.45) is 11.2. The molecule has 2 rings (SSSR count). The Hall–Kier alpha value is -1.10. The summed E-state index contributed by atoms with van der Waals surface area (Å²) in [5.41, 5.74) is 0.693. The van der Waals surface area contributed by atoms with Crippen LogP contribution in [-0.2, 0) is 4.43 Å². The second-order valence-electron chi connectivity index (χ2n) is 10.1. The highest BCUT2D eigenvalue weighted by Gasteiger charge is 2.40. The van der Waals surface area contributed by atoms with Crippen molar-refractivity contribution in [2.45, 2.75) is 89.6 Å². The van der Waals surface area contributed by atoms with Gasteiger partial charge in [0.05, 0.1) is 12.1 Å². The predicted octanol–water partition coefficient (Wildman–Crippen LogP) is 6.94. The van der Waals surface area contributed by atoms with Crippen LogP contribution in [0.5, 0.6) is 0 Å². The van der Waals surface area contributed by atoms with Gasteiger partial charge in [0.2, 0.25) is 0 Å². The Morgan fingerprint density at radius 3 is 2.40 bits per heavy atom. The Labute approximate surface area is 189 Å². The van der Waals surface area contributed by atoms with Gasteiger partial charge in [0.25, 0.3) is 5.91 Å². The largest absolute Gasteiger partial charge is 0.408 e. The van der Waals surface area contributed by atoms with E-state index >= 15 is 0 Å². The summed E-state index contributed by atoms with van der Waals surface area (Å²) in [5, 5.41) is 3.42. The molecule has 0 unspecified atom stereocenters. The molecule has 30 heavy (non-hydrogen) atoms. The van der Waals surface area contributed by atoms with Crippen molar-refractivity contribution in [3.63, 3.8) is 0 Å². The minimum absolute atomic E-state index is 0.0282. The van der Waals surface area contributed by atoms with Crippen LogP contribution in [0.2, 0.25) is 18.1 Å². The zero-order valence-corrected chi connectivity index (χ0v) is 21.2. The quantitative estimate of drug-likeness (QED) is 0.252. The molecular weight excluding hydrogens is 410 g/mol. The normalized spacial score (nSPS) is 18.3. The van der Waals surface area contributed by atoms with Crippen LogP contribution >= 0.6 is 11.6 Å². The SMILES string of the molecule is CC(C)(C)[Si](C)(C)O[C@@H](/C=C/CCl)[C@H](CC1CCCCC1)NC(=O)c1ccccc1. The monoisotopic (exact) mass is 449 g/mol. The van der Waals surface area contributed by atoms with Crippen molar-refractivity contribution in [2.75, 3.05) is 5.88 Å². The number of allylic oxidation sites excluding steroid dienone is 1. The molecule has 0 aromatic heterocycles. The first-order valence-corrected chi connectivity index (χ1v) is 14.8. The maximum Gasteiger partial charge on any atom is 0.251 e. The first kappa shape index (κ1) is 25.2. The lowest BCUT2D eigenvalue weighted by Crippen LogP contribution is -2.51. The number of carbonyl (C=O) groups excluding carboxylic acids is 1. The summed E-state index contributed by atoms with van der Waals surface area (Å²) in [5.74, 6) is 1.05. The van der Waals surface area contributed by atoms with Gasteiger partial charge in [-0.15, -0.1) is 11.6 Å². The lowest BCUT2D eigenvalue weighted by molar-refractivity contribution is 0.0865. The molecule has 0 bridgehead atoms. The van der Waals surface area contributed by atoms with E-state index in [4.69, 9.17) is 16.0 Å². The molecule has 1 aliphatic rings. The zero-order chi connectivity index (χ0) is 22.2. The average Bonchev–Trinajstić information content (AvgIpc) is 2.71. The van der Waals surface area contributed by atoms with Crippen molar-refractivity contribution in [3.8, 4) is 0 Å². The van der Waals surface area contributed by atoms with Crippen LogP contribution in [0.15, 0.2) is 42.5 Å². The van der Waals surface area contributed by atoms with Crippen LogP contribution in [0.3, 0.4) is 0 Å². The van der Waals surface area contributed by atoms with Gasteiger partial charge in [0.15, 0.2) is 8.32 Å². The Morgan fingerprint density at radius 2 is 1.83 bits per heavy atom. The van der Waals surface area contributed by atoms with Gasteiger partial charge in [-0.3, -0.25) is 4.79 Å². The van der Waals surface area contributed by atoms with Crippen LogP contribution in [0.25, 0.3) is 0 Å². The molecule has 168 valence electrons. The van der Waals surface area contributed by atoms with E-state index in [1.54, 1.807) is 0 Å². The van der Waals surface area contributed by atoms with E-state index in [1.807, 2.05) is 36.4 Å². The smallest absolute Gasteiger partial charge is 0.251 e. The molecule has 1 fully saturated rings. The number of amides is 1.